The number of rotatable bonds is 7. The number of aliphatic hydroxyl groups is 1. The predicted octanol–water partition coefficient (Wildman–Crippen LogP) is 5.58. The molecular weight excluding hydrogens is 396 g/mol. The Bertz CT molecular complexity index is 948. The van der Waals surface area contributed by atoms with E-state index in [0.717, 1.165) is 17.5 Å². The molecule has 2 aromatic carbocycles. The molecule has 168 valence electrons. The van der Waals surface area contributed by atoms with Crippen LogP contribution in [0.4, 0.5) is 0 Å². The van der Waals surface area contributed by atoms with Crippen LogP contribution in [0.3, 0.4) is 0 Å². The third kappa shape index (κ3) is 4.96. The molecule has 0 aliphatic carbocycles. The predicted molar refractivity (Wildman–Crippen MR) is 118 cm³/mol. The van der Waals surface area contributed by atoms with E-state index >= 15 is 0 Å². The van der Waals surface area contributed by atoms with Crippen LogP contribution >= 0.6 is 0 Å². The highest BCUT2D eigenvalue weighted by Gasteiger charge is 2.30. The first kappa shape index (κ1) is 22.9. The van der Waals surface area contributed by atoms with Crippen molar-refractivity contribution in [2.45, 2.75) is 53.8 Å². The Kier molecular flexibility index (Phi) is 7.11. The Labute approximate surface area is 184 Å². The fraction of sp³-hybridized carbons (Fsp3) is 0.480. The molecule has 1 unspecified atom stereocenters. The largest absolute Gasteiger partial charge is 0.495 e. The lowest BCUT2D eigenvalue weighted by atomic mass is 9.95. The van der Waals surface area contributed by atoms with E-state index in [1.54, 1.807) is 12.1 Å². The number of esters is 1. The second-order valence-corrected chi connectivity index (χ2v) is 8.71. The number of ether oxygens (including phenoxy) is 4. The SMILES string of the molecule is COc1c(C(O)C(C)C)ccc2c1C(=O)OCc1cc(C)cc(OCCC(C)C)c1O2. The van der Waals surface area contributed by atoms with Gasteiger partial charge in [0.1, 0.15) is 23.7 Å². The molecule has 1 heterocycles. The average Bonchev–Trinajstić information content (AvgIpc) is 2.71. The number of fused-ring (bicyclic) bond motifs is 2. The zero-order valence-corrected chi connectivity index (χ0v) is 19.2. The Morgan fingerprint density at radius 1 is 1.16 bits per heavy atom. The Morgan fingerprint density at radius 2 is 1.90 bits per heavy atom. The fourth-order valence-electron chi connectivity index (χ4n) is 3.54. The highest BCUT2D eigenvalue weighted by atomic mass is 16.6. The van der Waals surface area contributed by atoms with E-state index < -0.39 is 12.1 Å². The van der Waals surface area contributed by atoms with Crippen molar-refractivity contribution in [3.8, 4) is 23.0 Å². The number of methoxy groups -OCH3 is 1. The zero-order chi connectivity index (χ0) is 22.7. The quantitative estimate of drug-likeness (QED) is 0.580. The van der Waals surface area contributed by atoms with Gasteiger partial charge >= 0.3 is 5.97 Å². The van der Waals surface area contributed by atoms with Gasteiger partial charge in [0.05, 0.1) is 19.8 Å². The summed E-state index contributed by atoms with van der Waals surface area (Å²) in [5.74, 6) is 1.62. The second-order valence-electron chi connectivity index (χ2n) is 8.71. The molecule has 0 radical (unpaired) electrons. The minimum absolute atomic E-state index is 0.0515. The van der Waals surface area contributed by atoms with Crippen LogP contribution in [0.5, 0.6) is 23.0 Å². The second kappa shape index (κ2) is 9.60. The molecule has 0 spiro atoms. The molecule has 1 atom stereocenters. The molecule has 1 aliphatic rings. The maximum atomic E-state index is 12.9. The summed E-state index contributed by atoms with van der Waals surface area (Å²) in [7, 11) is 1.47. The fourth-order valence-corrected chi connectivity index (χ4v) is 3.54. The van der Waals surface area contributed by atoms with Crippen LogP contribution in [0, 0.1) is 18.8 Å². The summed E-state index contributed by atoms with van der Waals surface area (Å²) < 4.78 is 23.4. The lowest BCUT2D eigenvalue weighted by Gasteiger charge is -2.25. The number of hydrogen-bond donors (Lipinski definition) is 1. The smallest absolute Gasteiger partial charge is 0.346 e. The minimum Gasteiger partial charge on any atom is -0.495 e. The molecule has 31 heavy (non-hydrogen) atoms. The minimum atomic E-state index is -0.789. The van der Waals surface area contributed by atoms with Crippen LogP contribution < -0.4 is 14.2 Å². The number of cyclic esters (lactones) is 1. The summed E-state index contributed by atoms with van der Waals surface area (Å²) in [6.45, 7) is 10.7. The lowest BCUT2D eigenvalue weighted by molar-refractivity contribution is 0.0453. The van der Waals surface area contributed by atoms with Crippen molar-refractivity contribution >= 4 is 5.97 Å². The molecule has 6 heteroatoms. The Morgan fingerprint density at radius 3 is 2.55 bits per heavy atom. The van der Waals surface area contributed by atoms with E-state index in [1.165, 1.54) is 7.11 Å². The van der Waals surface area contributed by atoms with E-state index in [2.05, 4.69) is 13.8 Å². The third-order valence-electron chi connectivity index (χ3n) is 5.31. The highest BCUT2D eigenvalue weighted by Crippen LogP contribution is 2.44. The molecule has 1 aliphatic heterocycles. The standard InChI is InChI=1S/C25H32O6/c1-14(2)9-10-29-20-12-16(5)11-17-13-30-25(27)21-19(31-23(17)20)8-7-18(24(21)28-6)22(26)15(3)4/h7-8,11-12,14-15,22,26H,9-10,13H2,1-6H3. The van der Waals surface area contributed by atoms with Gasteiger partial charge in [0.2, 0.25) is 0 Å². The van der Waals surface area contributed by atoms with Crippen LogP contribution in [0.25, 0.3) is 0 Å². The van der Waals surface area contributed by atoms with Gasteiger partial charge in [-0.15, -0.1) is 0 Å². The van der Waals surface area contributed by atoms with Crippen molar-refractivity contribution in [1.82, 2.24) is 0 Å². The molecule has 0 saturated heterocycles. The zero-order valence-electron chi connectivity index (χ0n) is 19.2. The van der Waals surface area contributed by atoms with E-state index in [1.807, 2.05) is 32.9 Å². The van der Waals surface area contributed by atoms with Crippen LogP contribution in [0.2, 0.25) is 0 Å². The van der Waals surface area contributed by atoms with E-state index in [-0.39, 0.29) is 23.8 Å². The molecule has 2 aromatic rings. The lowest BCUT2D eigenvalue weighted by Crippen LogP contribution is -2.16. The molecular formula is C25H32O6. The number of aliphatic hydroxyl groups excluding tert-OH is 1. The summed E-state index contributed by atoms with van der Waals surface area (Å²) in [4.78, 5) is 12.9. The van der Waals surface area contributed by atoms with Crippen LogP contribution in [0.15, 0.2) is 24.3 Å². The molecule has 0 aromatic heterocycles. The Balaban J connectivity index is 2.08. The number of benzene rings is 2. The van der Waals surface area contributed by atoms with Gasteiger partial charge in [-0.1, -0.05) is 27.7 Å². The van der Waals surface area contributed by atoms with Gasteiger partial charge in [0, 0.05) is 11.1 Å². The van der Waals surface area contributed by atoms with Crippen molar-refractivity contribution in [2.24, 2.45) is 11.8 Å². The topological polar surface area (TPSA) is 74.2 Å². The maximum absolute atomic E-state index is 12.9. The number of hydrogen-bond acceptors (Lipinski definition) is 6. The monoisotopic (exact) mass is 428 g/mol. The van der Waals surface area contributed by atoms with Gasteiger partial charge in [-0.25, -0.2) is 4.79 Å². The van der Waals surface area contributed by atoms with E-state index in [4.69, 9.17) is 18.9 Å². The van der Waals surface area contributed by atoms with Gasteiger partial charge in [0.15, 0.2) is 11.5 Å². The number of carbonyl (C=O) groups is 1. The van der Waals surface area contributed by atoms with Crippen LogP contribution in [-0.2, 0) is 11.3 Å². The molecule has 0 amide bonds. The summed E-state index contributed by atoms with van der Waals surface area (Å²) in [5.41, 5.74) is 2.42. The molecule has 6 nitrogen and oxygen atoms in total. The molecule has 1 N–H and O–H groups in total. The summed E-state index contributed by atoms with van der Waals surface area (Å²) in [6, 6.07) is 7.25. The van der Waals surface area contributed by atoms with Gasteiger partial charge in [-0.05, 0) is 55.0 Å². The molecule has 0 bridgehead atoms. The third-order valence-corrected chi connectivity index (χ3v) is 5.31. The van der Waals surface area contributed by atoms with Gasteiger partial charge in [-0.2, -0.15) is 0 Å². The normalized spacial score (nSPS) is 14.2. The summed E-state index contributed by atoms with van der Waals surface area (Å²) >= 11 is 0. The van der Waals surface area contributed by atoms with Gasteiger partial charge in [-0.3, -0.25) is 0 Å². The van der Waals surface area contributed by atoms with Crippen LogP contribution in [-0.4, -0.2) is 24.8 Å². The summed E-state index contributed by atoms with van der Waals surface area (Å²) in [6.07, 6.45) is 0.127. The Hall–Kier alpha value is -2.73. The molecule has 0 saturated carbocycles. The highest BCUT2D eigenvalue weighted by molar-refractivity contribution is 5.96. The average molecular weight is 429 g/mol. The number of aryl methyl sites for hydroxylation is 1. The first-order valence-electron chi connectivity index (χ1n) is 10.7. The molecule has 3 rings (SSSR count). The van der Waals surface area contributed by atoms with Crippen molar-refractivity contribution in [3.63, 3.8) is 0 Å². The van der Waals surface area contributed by atoms with Crippen molar-refractivity contribution in [2.75, 3.05) is 13.7 Å². The first-order chi connectivity index (χ1) is 14.7. The maximum Gasteiger partial charge on any atom is 0.346 e. The van der Waals surface area contributed by atoms with Crippen LogP contribution in [0.1, 0.15) is 67.3 Å². The number of carbonyl (C=O) groups excluding carboxylic acids is 1. The van der Waals surface area contributed by atoms with E-state index in [0.29, 0.717) is 35.3 Å². The first-order valence-corrected chi connectivity index (χ1v) is 10.7. The molecule has 0 fully saturated rings. The van der Waals surface area contributed by atoms with Gasteiger partial charge in [0.25, 0.3) is 0 Å². The van der Waals surface area contributed by atoms with Crippen molar-refractivity contribution < 1.29 is 28.8 Å². The van der Waals surface area contributed by atoms with E-state index in [9.17, 15) is 9.90 Å². The van der Waals surface area contributed by atoms with Crippen molar-refractivity contribution in [1.29, 1.82) is 0 Å². The van der Waals surface area contributed by atoms with Gasteiger partial charge < -0.3 is 24.1 Å². The van der Waals surface area contributed by atoms with Crippen molar-refractivity contribution in [3.05, 3.63) is 46.5 Å². The summed E-state index contributed by atoms with van der Waals surface area (Å²) in [5, 5.41) is 10.6.